The Kier molecular flexibility index (Phi) is 5.85. The minimum atomic E-state index is -0.313. The Morgan fingerprint density at radius 3 is 2.78 bits per heavy atom. The van der Waals surface area contributed by atoms with Gasteiger partial charge in [-0.15, -0.1) is 0 Å². The van der Waals surface area contributed by atoms with E-state index in [0.717, 1.165) is 52.3 Å². The van der Waals surface area contributed by atoms with Crippen molar-refractivity contribution in [2.24, 2.45) is 0 Å². The van der Waals surface area contributed by atoms with Crippen LogP contribution in [0.1, 0.15) is 19.8 Å². The Hall–Kier alpha value is -0.200. The van der Waals surface area contributed by atoms with Gasteiger partial charge in [-0.05, 0) is 19.8 Å². The average Bonchev–Trinajstić information content (AvgIpc) is 2.91. The van der Waals surface area contributed by atoms with Gasteiger partial charge in [0, 0.05) is 38.8 Å². The van der Waals surface area contributed by atoms with E-state index in [2.05, 4.69) is 17.1 Å². The van der Waals surface area contributed by atoms with Crippen molar-refractivity contribution in [1.29, 1.82) is 0 Å². The molecule has 5 nitrogen and oxygen atoms in total. The lowest BCUT2D eigenvalue weighted by Crippen LogP contribution is -2.46. The third-order valence-electron chi connectivity index (χ3n) is 3.77. The van der Waals surface area contributed by atoms with Crippen LogP contribution in [0.15, 0.2) is 0 Å². The van der Waals surface area contributed by atoms with Crippen LogP contribution in [0.4, 0.5) is 0 Å². The molecule has 0 radical (unpaired) electrons. The lowest BCUT2D eigenvalue weighted by molar-refractivity contribution is 0.0128. The highest BCUT2D eigenvalue weighted by Gasteiger charge is 2.23. The second-order valence-electron chi connectivity index (χ2n) is 5.32. The fourth-order valence-electron chi connectivity index (χ4n) is 2.60. The molecular weight excluding hydrogens is 232 g/mol. The molecule has 0 saturated carbocycles. The number of morpholine rings is 1. The smallest absolute Gasteiger partial charge is 0.0791 e. The first-order valence-electron chi connectivity index (χ1n) is 7.09. The first kappa shape index (κ1) is 14.2. The number of nitrogens with zero attached hydrogens (tertiary/aromatic N) is 1. The summed E-state index contributed by atoms with van der Waals surface area (Å²) in [6.45, 7) is 7.81. The van der Waals surface area contributed by atoms with Crippen LogP contribution in [-0.4, -0.2) is 74.3 Å². The van der Waals surface area contributed by atoms with Crippen molar-refractivity contribution >= 4 is 0 Å². The van der Waals surface area contributed by atoms with E-state index in [0.29, 0.717) is 18.7 Å². The first-order valence-corrected chi connectivity index (χ1v) is 7.09. The van der Waals surface area contributed by atoms with Gasteiger partial charge in [-0.2, -0.15) is 0 Å². The van der Waals surface area contributed by atoms with Gasteiger partial charge in [0.2, 0.25) is 0 Å². The van der Waals surface area contributed by atoms with E-state index in [9.17, 15) is 5.11 Å². The Morgan fingerprint density at radius 2 is 2.11 bits per heavy atom. The number of aliphatic hydroxyl groups is 1. The zero-order valence-electron chi connectivity index (χ0n) is 11.3. The molecule has 2 N–H and O–H groups in total. The fourth-order valence-corrected chi connectivity index (χ4v) is 2.60. The second-order valence-corrected chi connectivity index (χ2v) is 5.32. The maximum absolute atomic E-state index is 10.0. The third-order valence-corrected chi connectivity index (χ3v) is 3.77. The molecule has 2 fully saturated rings. The van der Waals surface area contributed by atoms with E-state index in [1.807, 2.05) is 0 Å². The van der Waals surface area contributed by atoms with Crippen molar-refractivity contribution < 1.29 is 14.6 Å². The van der Waals surface area contributed by atoms with Gasteiger partial charge in [-0.1, -0.05) is 0 Å². The summed E-state index contributed by atoms with van der Waals surface area (Å²) in [4.78, 5) is 2.26. The molecule has 2 aliphatic rings. The molecule has 0 aromatic heterocycles. The third kappa shape index (κ3) is 4.48. The monoisotopic (exact) mass is 258 g/mol. The van der Waals surface area contributed by atoms with Crippen LogP contribution in [0.3, 0.4) is 0 Å². The predicted molar refractivity (Wildman–Crippen MR) is 69.7 cm³/mol. The number of rotatable bonds is 6. The van der Waals surface area contributed by atoms with Gasteiger partial charge in [-0.3, -0.25) is 4.90 Å². The van der Waals surface area contributed by atoms with Crippen molar-refractivity contribution in [2.45, 2.75) is 38.0 Å². The van der Waals surface area contributed by atoms with E-state index in [1.165, 1.54) is 0 Å². The highest BCUT2D eigenvalue weighted by atomic mass is 16.5. The van der Waals surface area contributed by atoms with Crippen molar-refractivity contribution in [1.82, 2.24) is 10.2 Å². The molecule has 106 valence electrons. The zero-order valence-corrected chi connectivity index (χ0v) is 11.3. The van der Waals surface area contributed by atoms with Crippen LogP contribution in [0.2, 0.25) is 0 Å². The van der Waals surface area contributed by atoms with Crippen LogP contribution in [-0.2, 0) is 9.47 Å². The second kappa shape index (κ2) is 7.40. The minimum absolute atomic E-state index is 0.313. The van der Waals surface area contributed by atoms with Crippen LogP contribution < -0.4 is 5.32 Å². The van der Waals surface area contributed by atoms with Crippen LogP contribution in [0, 0.1) is 0 Å². The Labute approximate surface area is 109 Å². The quantitative estimate of drug-likeness (QED) is 0.693. The molecule has 3 unspecified atom stereocenters. The van der Waals surface area contributed by atoms with Gasteiger partial charge in [0.05, 0.1) is 25.4 Å². The van der Waals surface area contributed by atoms with Crippen LogP contribution in [0.25, 0.3) is 0 Å². The maximum atomic E-state index is 10.0. The molecule has 2 aliphatic heterocycles. The Bertz CT molecular complexity index is 228. The van der Waals surface area contributed by atoms with E-state index >= 15 is 0 Å². The van der Waals surface area contributed by atoms with Gasteiger partial charge >= 0.3 is 0 Å². The van der Waals surface area contributed by atoms with E-state index in [4.69, 9.17) is 9.47 Å². The summed E-state index contributed by atoms with van der Waals surface area (Å²) in [6, 6.07) is 0.326. The van der Waals surface area contributed by atoms with Gasteiger partial charge in [0.25, 0.3) is 0 Å². The van der Waals surface area contributed by atoms with Crippen LogP contribution in [0.5, 0.6) is 0 Å². The molecule has 2 saturated heterocycles. The summed E-state index contributed by atoms with van der Waals surface area (Å²) in [5.74, 6) is 0. The summed E-state index contributed by atoms with van der Waals surface area (Å²) in [7, 11) is 0. The summed E-state index contributed by atoms with van der Waals surface area (Å²) in [5.41, 5.74) is 0. The number of aliphatic hydroxyl groups excluding tert-OH is 1. The number of β-amino-alcohol motifs (C(OH)–C–C–N with tert-alkyl or cyclic N) is 1. The molecule has 5 heteroatoms. The van der Waals surface area contributed by atoms with Gasteiger partial charge in [0.15, 0.2) is 0 Å². The number of hydrogen-bond donors (Lipinski definition) is 2. The van der Waals surface area contributed by atoms with E-state index in [-0.39, 0.29) is 6.10 Å². The van der Waals surface area contributed by atoms with Crippen molar-refractivity contribution in [3.05, 3.63) is 0 Å². The van der Waals surface area contributed by atoms with Crippen molar-refractivity contribution in [2.75, 3.05) is 46.0 Å². The topological polar surface area (TPSA) is 54.0 Å². The standard InChI is InChI=1S/C13H26N2O3/c1-11(13-3-2-6-18-13)14-9-12(16)10-15-4-7-17-8-5-15/h11-14,16H,2-10H2,1H3. The molecule has 0 bridgehead atoms. The van der Waals surface area contributed by atoms with Crippen LogP contribution >= 0.6 is 0 Å². The minimum Gasteiger partial charge on any atom is -0.390 e. The van der Waals surface area contributed by atoms with Gasteiger partial charge < -0.3 is 19.9 Å². The molecule has 2 rings (SSSR count). The van der Waals surface area contributed by atoms with Gasteiger partial charge in [-0.25, -0.2) is 0 Å². The number of ether oxygens (including phenoxy) is 2. The molecule has 18 heavy (non-hydrogen) atoms. The number of nitrogens with one attached hydrogen (secondary N) is 1. The molecule has 0 spiro atoms. The maximum Gasteiger partial charge on any atom is 0.0791 e. The van der Waals surface area contributed by atoms with E-state index < -0.39 is 0 Å². The largest absolute Gasteiger partial charge is 0.390 e. The average molecular weight is 258 g/mol. The molecule has 0 amide bonds. The predicted octanol–water partition coefficient (Wildman–Crippen LogP) is -0.163. The summed E-state index contributed by atoms with van der Waals surface area (Å²) in [5, 5.41) is 13.4. The SMILES string of the molecule is CC(NCC(O)CN1CCOCC1)C1CCCO1. The summed E-state index contributed by atoms with van der Waals surface area (Å²) >= 11 is 0. The lowest BCUT2D eigenvalue weighted by Gasteiger charge is -2.29. The van der Waals surface area contributed by atoms with Crippen molar-refractivity contribution in [3.8, 4) is 0 Å². The van der Waals surface area contributed by atoms with Gasteiger partial charge in [0.1, 0.15) is 0 Å². The Balaban J connectivity index is 1.59. The summed E-state index contributed by atoms with van der Waals surface area (Å²) in [6.07, 6.45) is 2.30. The molecule has 3 atom stereocenters. The zero-order chi connectivity index (χ0) is 12.8. The normalized spacial score (nSPS) is 29.3. The first-order chi connectivity index (χ1) is 8.75. The highest BCUT2D eigenvalue weighted by molar-refractivity contribution is 4.78. The van der Waals surface area contributed by atoms with E-state index in [1.54, 1.807) is 0 Å². The molecule has 0 aromatic rings. The fraction of sp³-hybridized carbons (Fsp3) is 1.00. The molecule has 2 heterocycles. The number of hydrogen-bond acceptors (Lipinski definition) is 5. The lowest BCUT2D eigenvalue weighted by atomic mass is 10.1. The molecule has 0 aliphatic carbocycles. The summed E-state index contributed by atoms with van der Waals surface area (Å²) < 4.78 is 10.9. The molecule has 0 aromatic carbocycles. The van der Waals surface area contributed by atoms with Crippen molar-refractivity contribution in [3.63, 3.8) is 0 Å². The highest BCUT2D eigenvalue weighted by Crippen LogP contribution is 2.15. The molecular formula is C13H26N2O3. The Morgan fingerprint density at radius 1 is 1.33 bits per heavy atom.